The van der Waals surface area contributed by atoms with Crippen LogP contribution in [-0.4, -0.2) is 41.6 Å². The molecule has 5 heteroatoms. The molecule has 25 heavy (non-hydrogen) atoms. The molecule has 0 aliphatic carbocycles. The van der Waals surface area contributed by atoms with Gasteiger partial charge < -0.3 is 14.4 Å². The first kappa shape index (κ1) is 16.3. The summed E-state index contributed by atoms with van der Waals surface area (Å²) >= 11 is 0. The number of nitrogens with zero attached hydrogens (tertiary/aromatic N) is 1. The summed E-state index contributed by atoms with van der Waals surface area (Å²) in [5.41, 5.74) is 0.405. The number of likely N-dealkylation sites (tertiary alicyclic amines) is 1. The molecule has 0 radical (unpaired) electrons. The second-order valence-electron chi connectivity index (χ2n) is 7.60. The number of benzene rings is 1. The molecule has 1 unspecified atom stereocenters. The molecule has 1 amide bonds. The van der Waals surface area contributed by atoms with E-state index in [4.69, 9.17) is 9.47 Å². The second kappa shape index (κ2) is 5.99. The van der Waals surface area contributed by atoms with Gasteiger partial charge >= 0.3 is 5.97 Å². The molecule has 2 saturated heterocycles. The topological polar surface area (TPSA) is 55.8 Å². The summed E-state index contributed by atoms with van der Waals surface area (Å²) in [5.74, 6) is -1.06. The number of amides is 1. The van der Waals surface area contributed by atoms with Gasteiger partial charge in [-0.25, -0.2) is 0 Å². The van der Waals surface area contributed by atoms with Crippen LogP contribution in [0.1, 0.15) is 19.4 Å². The maximum atomic E-state index is 13.0. The Hall–Kier alpha value is -2.14. The van der Waals surface area contributed by atoms with Gasteiger partial charge in [0.05, 0.1) is 25.2 Å². The Labute approximate surface area is 147 Å². The third-order valence-corrected chi connectivity index (χ3v) is 5.23. The standard InChI is InChI=1S/C20H23NO4/c1-13(2)11-24-19(23)16-15-8-9-20(25-15)12-21(18(22)17(16)20)10-14-6-4-3-5-7-14/h3-9,13,15-17H,10-12H2,1-2H3/t15-,16?,17+,20-/m1/s1. The molecule has 5 nitrogen and oxygen atoms in total. The van der Waals surface area contributed by atoms with Crippen molar-refractivity contribution < 1.29 is 19.1 Å². The molecule has 1 aromatic rings. The van der Waals surface area contributed by atoms with Gasteiger partial charge in [0.2, 0.25) is 5.91 Å². The lowest BCUT2D eigenvalue weighted by molar-refractivity contribution is -0.154. The van der Waals surface area contributed by atoms with E-state index in [2.05, 4.69) is 0 Å². The molecule has 3 heterocycles. The first-order chi connectivity index (χ1) is 12.0. The number of carbonyl (C=O) groups is 2. The monoisotopic (exact) mass is 341 g/mol. The molecule has 2 bridgehead atoms. The summed E-state index contributed by atoms with van der Waals surface area (Å²) in [6.07, 6.45) is 3.54. The Morgan fingerprint density at radius 2 is 2.12 bits per heavy atom. The second-order valence-corrected chi connectivity index (χ2v) is 7.60. The zero-order valence-corrected chi connectivity index (χ0v) is 14.6. The van der Waals surface area contributed by atoms with Gasteiger partial charge in [-0.2, -0.15) is 0 Å². The highest BCUT2D eigenvalue weighted by Crippen LogP contribution is 2.52. The van der Waals surface area contributed by atoms with E-state index < -0.39 is 17.4 Å². The van der Waals surface area contributed by atoms with Crippen LogP contribution < -0.4 is 0 Å². The van der Waals surface area contributed by atoms with Gasteiger partial charge in [0.15, 0.2) is 0 Å². The minimum absolute atomic E-state index is 0.0119. The molecule has 132 valence electrons. The summed E-state index contributed by atoms with van der Waals surface area (Å²) in [7, 11) is 0. The van der Waals surface area contributed by atoms with Crippen molar-refractivity contribution in [2.45, 2.75) is 32.1 Å². The summed E-state index contributed by atoms with van der Waals surface area (Å²) in [6, 6.07) is 9.88. The zero-order valence-electron chi connectivity index (χ0n) is 14.6. The van der Waals surface area contributed by atoms with Crippen LogP contribution in [0, 0.1) is 17.8 Å². The molecule has 0 N–H and O–H groups in total. The third kappa shape index (κ3) is 2.67. The lowest BCUT2D eigenvalue weighted by Crippen LogP contribution is -2.40. The van der Waals surface area contributed by atoms with Crippen molar-refractivity contribution in [2.75, 3.05) is 13.2 Å². The van der Waals surface area contributed by atoms with E-state index in [1.165, 1.54) is 0 Å². The van der Waals surface area contributed by atoms with Gasteiger partial charge in [0.25, 0.3) is 0 Å². The van der Waals surface area contributed by atoms with E-state index >= 15 is 0 Å². The van der Waals surface area contributed by atoms with E-state index in [9.17, 15) is 9.59 Å². The van der Waals surface area contributed by atoms with Gasteiger partial charge in [-0.05, 0) is 11.5 Å². The highest BCUT2D eigenvalue weighted by Gasteiger charge is 2.67. The van der Waals surface area contributed by atoms with Crippen molar-refractivity contribution in [2.24, 2.45) is 17.8 Å². The Morgan fingerprint density at radius 1 is 1.36 bits per heavy atom. The van der Waals surface area contributed by atoms with Crippen LogP contribution in [0.4, 0.5) is 0 Å². The van der Waals surface area contributed by atoms with Gasteiger partial charge in [0, 0.05) is 6.54 Å². The fourth-order valence-electron chi connectivity index (χ4n) is 4.13. The SMILES string of the molecule is CC(C)COC(=O)C1[C@H]2C(=O)N(Cc3ccccc3)C[C@]23C=C[C@H]1O3. The van der Waals surface area contributed by atoms with E-state index in [-0.39, 0.29) is 23.9 Å². The average Bonchev–Trinajstić information content (AvgIpc) is 3.22. The predicted octanol–water partition coefficient (Wildman–Crippen LogP) is 2.17. The highest BCUT2D eigenvalue weighted by molar-refractivity contribution is 5.91. The quantitative estimate of drug-likeness (QED) is 0.608. The summed E-state index contributed by atoms with van der Waals surface area (Å²) in [4.78, 5) is 27.4. The van der Waals surface area contributed by atoms with Gasteiger partial charge in [0.1, 0.15) is 11.5 Å². The Kier molecular flexibility index (Phi) is 3.91. The number of rotatable bonds is 5. The summed E-state index contributed by atoms with van der Waals surface area (Å²) in [6.45, 7) is 5.38. The van der Waals surface area contributed by atoms with Crippen molar-refractivity contribution >= 4 is 11.9 Å². The van der Waals surface area contributed by atoms with Crippen LogP contribution >= 0.6 is 0 Å². The number of hydrogen-bond donors (Lipinski definition) is 0. The van der Waals surface area contributed by atoms with Crippen LogP contribution in [0.2, 0.25) is 0 Å². The molecule has 1 aromatic carbocycles. The van der Waals surface area contributed by atoms with E-state index in [0.29, 0.717) is 19.7 Å². The average molecular weight is 341 g/mol. The van der Waals surface area contributed by atoms with E-state index in [1.807, 2.05) is 56.3 Å². The Balaban J connectivity index is 1.54. The molecule has 3 aliphatic rings. The van der Waals surface area contributed by atoms with E-state index in [1.54, 1.807) is 4.90 Å². The molecule has 0 aromatic heterocycles. The Bertz CT molecular complexity index is 714. The summed E-state index contributed by atoms with van der Waals surface area (Å²) < 4.78 is 11.5. The number of esters is 1. The largest absolute Gasteiger partial charge is 0.465 e. The number of carbonyl (C=O) groups excluding carboxylic acids is 2. The van der Waals surface area contributed by atoms with Crippen LogP contribution in [-0.2, 0) is 25.6 Å². The number of fused-ring (bicyclic) bond motifs is 1. The maximum absolute atomic E-state index is 13.0. The fraction of sp³-hybridized carbons (Fsp3) is 0.500. The molecule has 2 fully saturated rings. The van der Waals surface area contributed by atoms with Crippen LogP contribution in [0.5, 0.6) is 0 Å². The van der Waals surface area contributed by atoms with Gasteiger partial charge in [-0.3, -0.25) is 9.59 Å². The lowest BCUT2D eigenvalue weighted by atomic mass is 9.77. The highest BCUT2D eigenvalue weighted by atomic mass is 16.6. The smallest absolute Gasteiger partial charge is 0.312 e. The molecular formula is C20H23NO4. The molecule has 4 rings (SSSR count). The van der Waals surface area contributed by atoms with Crippen LogP contribution in [0.3, 0.4) is 0 Å². The van der Waals surface area contributed by atoms with Crippen LogP contribution in [0.15, 0.2) is 42.5 Å². The summed E-state index contributed by atoms with van der Waals surface area (Å²) in [5, 5.41) is 0. The van der Waals surface area contributed by atoms with Crippen molar-refractivity contribution in [3.8, 4) is 0 Å². The fourth-order valence-corrected chi connectivity index (χ4v) is 4.13. The van der Waals surface area contributed by atoms with E-state index in [0.717, 1.165) is 5.56 Å². The van der Waals surface area contributed by atoms with Crippen molar-refractivity contribution in [3.63, 3.8) is 0 Å². The first-order valence-corrected chi connectivity index (χ1v) is 8.87. The predicted molar refractivity (Wildman–Crippen MR) is 91.4 cm³/mol. The first-order valence-electron chi connectivity index (χ1n) is 8.87. The number of ether oxygens (including phenoxy) is 2. The minimum atomic E-state index is -0.669. The molecule has 3 aliphatic heterocycles. The van der Waals surface area contributed by atoms with Crippen molar-refractivity contribution in [1.29, 1.82) is 0 Å². The third-order valence-electron chi connectivity index (χ3n) is 5.23. The normalized spacial score (nSPS) is 32.5. The minimum Gasteiger partial charge on any atom is -0.465 e. The number of hydrogen-bond acceptors (Lipinski definition) is 4. The molecule has 1 spiro atoms. The van der Waals surface area contributed by atoms with Crippen molar-refractivity contribution in [1.82, 2.24) is 4.90 Å². The molecule has 0 saturated carbocycles. The lowest BCUT2D eigenvalue weighted by Gasteiger charge is -2.23. The zero-order chi connectivity index (χ0) is 17.6. The van der Waals surface area contributed by atoms with Crippen LogP contribution in [0.25, 0.3) is 0 Å². The van der Waals surface area contributed by atoms with Gasteiger partial charge in [-0.15, -0.1) is 0 Å². The molecular weight excluding hydrogens is 318 g/mol. The molecule has 4 atom stereocenters. The Morgan fingerprint density at radius 3 is 2.84 bits per heavy atom. The van der Waals surface area contributed by atoms with Crippen molar-refractivity contribution in [3.05, 3.63) is 48.0 Å². The maximum Gasteiger partial charge on any atom is 0.312 e. The van der Waals surface area contributed by atoms with Gasteiger partial charge in [-0.1, -0.05) is 56.3 Å².